The van der Waals surface area contributed by atoms with Crippen LogP contribution in [0.25, 0.3) is 0 Å². The van der Waals surface area contributed by atoms with E-state index < -0.39 is 0 Å². The normalized spacial score (nSPS) is 18.4. The molecule has 16 heavy (non-hydrogen) atoms. The van der Waals surface area contributed by atoms with Crippen molar-refractivity contribution in [1.82, 2.24) is 15.5 Å². The van der Waals surface area contributed by atoms with Crippen LogP contribution in [-0.2, 0) is 4.79 Å². The van der Waals surface area contributed by atoms with E-state index in [0.29, 0.717) is 6.42 Å². The van der Waals surface area contributed by atoms with Crippen molar-refractivity contribution in [1.29, 1.82) is 0 Å². The van der Waals surface area contributed by atoms with Crippen LogP contribution in [-0.4, -0.2) is 49.1 Å². The maximum atomic E-state index is 11.6. The quantitative estimate of drug-likeness (QED) is 0.739. The number of carbonyl (C=O) groups is 1. The van der Waals surface area contributed by atoms with Gasteiger partial charge in [0.15, 0.2) is 0 Å². The van der Waals surface area contributed by atoms with Crippen molar-refractivity contribution in [2.75, 3.05) is 32.7 Å². The Morgan fingerprint density at radius 1 is 1.31 bits per heavy atom. The summed E-state index contributed by atoms with van der Waals surface area (Å²) >= 11 is 0. The molecule has 0 bridgehead atoms. The third kappa shape index (κ3) is 6.08. The Balaban J connectivity index is 2.08. The van der Waals surface area contributed by atoms with Gasteiger partial charge in [-0.05, 0) is 33.7 Å². The van der Waals surface area contributed by atoms with Crippen LogP contribution in [0.3, 0.4) is 0 Å². The van der Waals surface area contributed by atoms with E-state index in [1.807, 2.05) is 20.8 Å². The molecule has 1 heterocycles. The molecular formula is C12H25N3O. The van der Waals surface area contributed by atoms with Gasteiger partial charge >= 0.3 is 0 Å². The maximum Gasteiger partial charge on any atom is 0.220 e. The zero-order valence-electron chi connectivity index (χ0n) is 10.8. The number of amides is 1. The van der Waals surface area contributed by atoms with Gasteiger partial charge in [-0.15, -0.1) is 0 Å². The fourth-order valence-corrected chi connectivity index (χ4v) is 1.88. The van der Waals surface area contributed by atoms with Crippen LogP contribution in [0.4, 0.5) is 0 Å². The molecule has 1 fully saturated rings. The highest BCUT2D eigenvalue weighted by Gasteiger charge is 2.14. The Kier molecular flexibility index (Phi) is 5.22. The second-order valence-electron chi connectivity index (χ2n) is 5.49. The first-order valence-corrected chi connectivity index (χ1v) is 6.21. The highest BCUT2D eigenvalue weighted by atomic mass is 16.1. The lowest BCUT2D eigenvalue weighted by molar-refractivity contribution is -0.122. The van der Waals surface area contributed by atoms with Crippen molar-refractivity contribution >= 4 is 5.91 Å². The summed E-state index contributed by atoms with van der Waals surface area (Å²) in [6.07, 6.45) is 1.60. The van der Waals surface area contributed by atoms with Gasteiger partial charge in [-0.3, -0.25) is 4.79 Å². The number of rotatable bonds is 4. The summed E-state index contributed by atoms with van der Waals surface area (Å²) in [4.78, 5) is 14.0. The first-order chi connectivity index (χ1) is 7.47. The van der Waals surface area contributed by atoms with Gasteiger partial charge in [-0.1, -0.05) is 0 Å². The minimum atomic E-state index is -0.105. The van der Waals surface area contributed by atoms with Gasteiger partial charge in [0.1, 0.15) is 0 Å². The van der Waals surface area contributed by atoms with Crippen LogP contribution in [0.2, 0.25) is 0 Å². The number of piperazine rings is 1. The Morgan fingerprint density at radius 2 is 1.94 bits per heavy atom. The van der Waals surface area contributed by atoms with E-state index in [2.05, 4.69) is 15.5 Å². The predicted molar refractivity (Wildman–Crippen MR) is 66.4 cm³/mol. The number of nitrogens with zero attached hydrogens (tertiary/aromatic N) is 1. The molecule has 1 amide bonds. The zero-order chi connectivity index (χ0) is 12.0. The molecule has 94 valence electrons. The van der Waals surface area contributed by atoms with Gasteiger partial charge in [0.2, 0.25) is 5.91 Å². The van der Waals surface area contributed by atoms with E-state index in [9.17, 15) is 4.79 Å². The van der Waals surface area contributed by atoms with E-state index in [4.69, 9.17) is 0 Å². The first-order valence-electron chi connectivity index (χ1n) is 6.21. The SMILES string of the molecule is CC(C)(C)NC(=O)CCCN1CCNCC1. The Morgan fingerprint density at radius 3 is 2.50 bits per heavy atom. The lowest BCUT2D eigenvalue weighted by atomic mass is 10.1. The predicted octanol–water partition coefficient (Wildman–Crippen LogP) is 0.587. The van der Waals surface area contributed by atoms with Crippen LogP contribution < -0.4 is 10.6 Å². The molecule has 4 heteroatoms. The molecule has 0 aliphatic carbocycles. The maximum absolute atomic E-state index is 11.6. The van der Waals surface area contributed by atoms with Gasteiger partial charge in [0, 0.05) is 38.1 Å². The number of hydrogen-bond acceptors (Lipinski definition) is 3. The largest absolute Gasteiger partial charge is 0.352 e. The average Bonchev–Trinajstić information content (AvgIpc) is 2.16. The fourth-order valence-electron chi connectivity index (χ4n) is 1.88. The Labute approximate surface area is 98.8 Å². The van der Waals surface area contributed by atoms with E-state index in [0.717, 1.165) is 39.1 Å². The number of nitrogens with one attached hydrogen (secondary N) is 2. The second kappa shape index (κ2) is 6.21. The highest BCUT2D eigenvalue weighted by molar-refractivity contribution is 5.76. The van der Waals surface area contributed by atoms with Crippen LogP contribution in [0.5, 0.6) is 0 Å². The molecule has 0 spiro atoms. The van der Waals surface area contributed by atoms with E-state index in [-0.39, 0.29) is 11.4 Å². The van der Waals surface area contributed by atoms with E-state index in [1.165, 1.54) is 0 Å². The lowest BCUT2D eigenvalue weighted by Crippen LogP contribution is -2.44. The fraction of sp³-hybridized carbons (Fsp3) is 0.917. The molecule has 1 aliphatic rings. The van der Waals surface area contributed by atoms with E-state index in [1.54, 1.807) is 0 Å². The molecule has 2 N–H and O–H groups in total. The van der Waals surface area contributed by atoms with Crippen LogP contribution in [0.15, 0.2) is 0 Å². The summed E-state index contributed by atoms with van der Waals surface area (Å²) in [6, 6.07) is 0. The van der Waals surface area contributed by atoms with Gasteiger partial charge in [-0.2, -0.15) is 0 Å². The molecule has 0 saturated carbocycles. The molecular weight excluding hydrogens is 202 g/mol. The smallest absolute Gasteiger partial charge is 0.220 e. The van der Waals surface area contributed by atoms with Crippen LogP contribution >= 0.6 is 0 Å². The summed E-state index contributed by atoms with van der Waals surface area (Å²) in [6.45, 7) is 11.5. The molecule has 4 nitrogen and oxygen atoms in total. The Hall–Kier alpha value is -0.610. The minimum Gasteiger partial charge on any atom is -0.352 e. The molecule has 0 atom stereocenters. The van der Waals surface area contributed by atoms with Crippen molar-refractivity contribution in [3.8, 4) is 0 Å². The monoisotopic (exact) mass is 227 g/mol. The number of hydrogen-bond donors (Lipinski definition) is 2. The summed E-state index contributed by atoms with van der Waals surface area (Å²) < 4.78 is 0. The van der Waals surface area contributed by atoms with Crippen molar-refractivity contribution in [2.45, 2.75) is 39.2 Å². The topological polar surface area (TPSA) is 44.4 Å². The van der Waals surface area contributed by atoms with Crippen LogP contribution in [0, 0.1) is 0 Å². The van der Waals surface area contributed by atoms with Gasteiger partial charge in [-0.25, -0.2) is 0 Å². The zero-order valence-corrected chi connectivity index (χ0v) is 10.8. The van der Waals surface area contributed by atoms with Crippen molar-refractivity contribution in [2.24, 2.45) is 0 Å². The first kappa shape index (κ1) is 13.5. The molecule has 1 aliphatic heterocycles. The summed E-state index contributed by atoms with van der Waals surface area (Å²) in [5, 5.41) is 6.31. The third-order valence-electron chi connectivity index (χ3n) is 2.60. The molecule has 0 aromatic heterocycles. The van der Waals surface area contributed by atoms with Crippen LogP contribution in [0.1, 0.15) is 33.6 Å². The van der Waals surface area contributed by atoms with Crippen molar-refractivity contribution in [3.63, 3.8) is 0 Å². The van der Waals surface area contributed by atoms with Gasteiger partial charge in [0.25, 0.3) is 0 Å². The molecule has 1 rings (SSSR count). The highest BCUT2D eigenvalue weighted by Crippen LogP contribution is 2.02. The number of carbonyl (C=O) groups excluding carboxylic acids is 1. The summed E-state index contributed by atoms with van der Waals surface area (Å²) in [5.41, 5.74) is -0.105. The molecule has 0 unspecified atom stereocenters. The Bertz CT molecular complexity index is 217. The third-order valence-corrected chi connectivity index (χ3v) is 2.60. The second-order valence-corrected chi connectivity index (χ2v) is 5.49. The van der Waals surface area contributed by atoms with Gasteiger partial charge < -0.3 is 15.5 Å². The average molecular weight is 227 g/mol. The lowest BCUT2D eigenvalue weighted by Gasteiger charge is -2.27. The summed E-state index contributed by atoms with van der Waals surface area (Å²) in [7, 11) is 0. The van der Waals surface area contributed by atoms with Crippen molar-refractivity contribution < 1.29 is 4.79 Å². The molecule has 0 aromatic rings. The standard InChI is InChI=1S/C12H25N3O/c1-12(2,3)14-11(16)5-4-8-15-9-6-13-7-10-15/h13H,4-10H2,1-3H3,(H,14,16). The minimum absolute atomic E-state index is 0.105. The molecule has 1 saturated heterocycles. The van der Waals surface area contributed by atoms with E-state index >= 15 is 0 Å². The molecule has 0 aromatic carbocycles. The summed E-state index contributed by atoms with van der Waals surface area (Å²) in [5.74, 6) is 0.169. The van der Waals surface area contributed by atoms with Crippen molar-refractivity contribution in [3.05, 3.63) is 0 Å². The van der Waals surface area contributed by atoms with Gasteiger partial charge in [0.05, 0.1) is 0 Å². The molecule has 0 radical (unpaired) electrons.